The van der Waals surface area contributed by atoms with Crippen LogP contribution in [0.1, 0.15) is 38.5 Å². The van der Waals surface area contributed by atoms with Gasteiger partial charge in [0.1, 0.15) is 12.7 Å². The molecular formula is C11H18O5. The van der Waals surface area contributed by atoms with Crippen LogP contribution < -0.4 is 0 Å². The molecule has 92 valence electrons. The molecule has 0 saturated carbocycles. The monoisotopic (exact) mass is 230 g/mol. The van der Waals surface area contributed by atoms with Gasteiger partial charge < -0.3 is 14.6 Å². The van der Waals surface area contributed by atoms with E-state index in [0.29, 0.717) is 26.1 Å². The summed E-state index contributed by atoms with van der Waals surface area (Å²) in [6.07, 6.45) is 3.93. The van der Waals surface area contributed by atoms with Gasteiger partial charge in [-0.1, -0.05) is 12.8 Å². The summed E-state index contributed by atoms with van der Waals surface area (Å²) in [5.41, 5.74) is 0. The molecule has 1 N–H and O–H groups in total. The number of carbonyl (C=O) groups excluding carboxylic acids is 1. The number of epoxide rings is 1. The van der Waals surface area contributed by atoms with Crippen molar-refractivity contribution in [1.29, 1.82) is 0 Å². The topological polar surface area (TPSA) is 76.1 Å². The fraction of sp³-hybridized carbons (Fsp3) is 0.818. The van der Waals surface area contributed by atoms with Crippen LogP contribution in [0.2, 0.25) is 0 Å². The van der Waals surface area contributed by atoms with E-state index in [2.05, 4.69) is 0 Å². The van der Waals surface area contributed by atoms with Crippen LogP contribution >= 0.6 is 0 Å². The minimum atomic E-state index is -0.760. The lowest BCUT2D eigenvalue weighted by Gasteiger charge is -2.02. The number of carboxylic acid groups (broad SMARTS) is 1. The van der Waals surface area contributed by atoms with Gasteiger partial charge in [0.05, 0.1) is 6.61 Å². The summed E-state index contributed by atoms with van der Waals surface area (Å²) in [6.45, 7) is 1.07. The van der Waals surface area contributed by atoms with E-state index in [-0.39, 0.29) is 18.5 Å². The number of ether oxygens (including phenoxy) is 2. The van der Waals surface area contributed by atoms with E-state index in [1.54, 1.807) is 0 Å². The predicted molar refractivity (Wildman–Crippen MR) is 56.0 cm³/mol. The Morgan fingerprint density at radius 2 is 1.81 bits per heavy atom. The second-order valence-corrected chi connectivity index (χ2v) is 3.95. The maximum atomic E-state index is 11.1. The summed E-state index contributed by atoms with van der Waals surface area (Å²) in [6, 6.07) is 0. The highest BCUT2D eigenvalue weighted by Gasteiger charge is 2.23. The molecule has 1 rings (SSSR count). The van der Waals surface area contributed by atoms with Gasteiger partial charge in [-0.15, -0.1) is 0 Å². The Morgan fingerprint density at radius 1 is 1.19 bits per heavy atom. The SMILES string of the molecule is O=C(O)CCCCCCC(=O)OCC1CO1. The number of aliphatic carboxylic acids is 1. The number of rotatable bonds is 9. The number of esters is 1. The molecule has 0 aromatic heterocycles. The molecule has 16 heavy (non-hydrogen) atoms. The molecule has 0 spiro atoms. The first-order valence-corrected chi connectivity index (χ1v) is 5.67. The van der Waals surface area contributed by atoms with Crippen molar-refractivity contribution in [1.82, 2.24) is 0 Å². The van der Waals surface area contributed by atoms with Gasteiger partial charge in [0.25, 0.3) is 0 Å². The van der Waals surface area contributed by atoms with E-state index in [1.165, 1.54) is 0 Å². The first-order valence-electron chi connectivity index (χ1n) is 5.67. The molecule has 0 aromatic rings. The largest absolute Gasteiger partial charge is 0.481 e. The van der Waals surface area contributed by atoms with Gasteiger partial charge in [-0.05, 0) is 12.8 Å². The highest BCUT2D eigenvalue weighted by Crippen LogP contribution is 2.10. The molecule has 1 fully saturated rings. The lowest BCUT2D eigenvalue weighted by molar-refractivity contribution is -0.144. The van der Waals surface area contributed by atoms with Gasteiger partial charge >= 0.3 is 11.9 Å². The van der Waals surface area contributed by atoms with Crippen LogP contribution in [0.4, 0.5) is 0 Å². The van der Waals surface area contributed by atoms with Crippen molar-refractivity contribution in [3.05, 3.63) is 0 Å². The molecule has 5 nitrogen and oxygen atoms in total. The molecule has 1 aliphatic heterocycles. The van der Waals surface area contributed by atoms with E-state index in [1.807, 2.05) is 0 Å². The van der Waals surface area contributed by atoms with Gasteiger partial charge in [0.2, 0.25) is 0 Å². The van der Waals surface area contributed by atoms with Crippen LogP contribution in [0, 0.1) is 0 Å². The van der Waals surface area contributed by atoms with Crippen molar-refractivity contribution in [3.8, 4) is 0 Å². The van der Waals surface area contributed by atoms with E-state index >= 15 is 0 Å². The third kappa shape index (κ3) is 7.23. The maximum Gasteiger partial charge on any atom is 0.305 e. The molecule has 0 radical (unpaired) electrons. The highest BCUT2D eigenvalue weighted by molar-refractivity contribution is 5.69. The number of hydrogen-bond acceptors (Lipinski definition) is 4. The second-order valence-electron chi connectivity index (χ2n) is 3.95. The lowest BCUT2D eigenvalue weighted by atomic mass is 10.1. The fourth-order valence-corrected chi connectivity index (χ4v) is 1.32. The van der Waals surface area contributed by atoms with Crippen molar-refractivity contribution < 1.29 is 24.2 Å². The van der Waals surface area contributed by atoms with Crippen LogP contribution in [0.3, 0.4) is 0 Å². The maximum absolute atomic E-state index is 11.1. The Morgan fingerprint density at radius 3 is 2.38 bits per heavy atom. The molecular weight excluding hydrogens is 212 g/mol. The summed E-state index contributed by atoms with van der Waals surface area (Å²) in [4.78, 5) is 21.4. The molecule has 1 aliphatic rings. The summed E-state index contributed by atoms with van der Waals surface area (Å²) < 4.78 is 9.86. The minimum absolute atomic E-state index is 0.125. The van der Waals surface area contributed by atoms with Gasteiger partial charge in [-0.3, -0.25) is 9.59 Å². The van der Waals surface area contributed by atoms with E-state index in [4.69, 9.17) is 14.6 Å². The van der Waals surface area contributed by atoms with Gasteiger partial charge in [0.15, 0.2) is 0 Å². The zero-order valence-electron chi connectivity index (χ0n) is 9.31. The van der Waals surface area contributed by atoms with Crippen molar-refractivity contribution >= 4 is 11.9 Å². The molecule has 1 unspecified atom stereocenters. The molecule has 1 saturated heterocycles. The first kappa shape index (κ1) is 13.0. The molecule has 0 aromatic carbocycles. The Bertz CT molecular complexity index is 235. The Balaban J connectivity index is 1.82. The summed E-state index contributed by atoms with van der Waals surface area (Å²) in [7, 11) is 0. The Labute approximate surface area is 94.7 Å². The van der Waals surface area contributed by atoms with Crippen molar-refractivity contribution in [2.24, 2.45) is 0 Å². The molecule has 1 heterocycles. The second kappa shape index (κ2) is 7.22. The quantitative estimate of drug-likeness (QED) is 0.367. The van der Waals surface area contributed by atoms with Crippen LogP contribution in [0.5, 0.6) is 0 Å². The molecule has 0 amide bonds. The molecule has 1 atom stereocenters. The zero-order chi connectivity index (χ0) is 11.8. The van der Waals surface area contributed by atoms with E-state index < -0.39 is 5.97 Å². The van der Waals surface area contributed by atoms with Crippen molar-refractivity contribution in [2.75, 3.05) is 13.2 Å². The van der Waals surface area contributed by atoms with Gasteiger partial charge in [-0.2, -0.15) is 0 Å². The van der Waals surface area contributed by atoms with Crippen molar-refractivity contribution in [2.45, 2.75) is 44.6 Å². The standard InChI is InChI=1S/C11H18O5/c12-10(13)5-3-1-2-4-6-11(14)16-8-9-7-15-9/h9H,1-8H2,(H,12,13). The average Bonchev–Trinajstić information content (AvgIpc) is 3.03. The van der Waals surface area contributed by atoms with E-state index in [9.17, 15) is 9.59 Å². The Kier molecular flexibility index (Phi) is 5.85. The summed E-state index contributed by atoms with van der Waals surface area (Å²) in [5.74, 6) is -0.947. The van der Waals surface area contributed by atoms with Crippen LogP contribution in [0.15, 0.2) is 0 Å². The Hall–Kier alpha value is -1.10. The lowest BCUT2D eigenvalue weighted by Crippen LogP contribution is -2.09. The van der Waals surface area contributed by atoms with Crippen LogP contribution in [-0.4, -0.2) is 36.4 Å². The normalized spacial score (nSPS) is 18.1. The minimum Gasteiger partial charge on any atom is -0.481 e. The summed E-state index contributed by atoms with van der Waals surface area (Å²) in [5, 5.41) is 8.40. The van der Waals surface area contributed by atoms with Crippen molar-refractivity contribution in [3.63, 3.8) is 0 Å². The van der Waals surface area contributed by atoms with Gasteiger partial charge in [-0.25, -0.2) is 0 Å². The van der Waals surface area contributed by atoms with Crippen LogP contribution in [-0.2, 0) is 19.1 Å². The molecule has 0 aliphatic carbocycles. The highest BCUT2D eigenvalue weighted by atomic mass is 16.6. The van der Waals surface area contributed by atoms with Gasteiger partial charge in [0, 0.05) is 12.8 Å². The third-order valence-corrected chi connectivity index (χ3v) is 2.35. The first-order chi connectivity index (χ1) is 7.68. The number of unbranched alkanes of at least 4 members (excludes halogenated alkanes) is 3. The number of carbonyl (C=O) groups is 2. The predicted octanol–water partition coefficient (Wildman–Crippen LogP) is 1.35. The number of carboxylic acids is 1. The van der Waals surface area contributed by atoms with Crippen LogP contribution in [0.25, 0.3) is 0 Å². The molecule has 5 heteroatoms. The number of hydrogen-bond donors (Lipinski definition) is 1. The average molecular weight is 230 g/mol. The van der Waals surface area contributed by atoms with E-state index in [0.717, 1.165) is 19.3 Å². The summed E-state index contributed by atoms with van der Waals surface area (Å²) >= 11 is 0. The zero-order valence-corrected chi connectivity index (χ0v) is 9.31. The smallest absolute Gasteiger partial charge is 0.305 e. The third-order valence-electron chi connectivity index (χ3n) is 2.35. The molecule has 0 bridgehead atoms. The fourth-order valence-electron chi connectivity index (χ4n) is 1.32.